The molecule has 0 heterocycles. The molecule has 0 nitrogen and oxygen atoms in total. The van der Waals surface area contributed by atoms with Crippen LogP contribution in [0.2, 0.25) is 0 Å². The Labute approximate surface area is 285 Å². The van der Waals surface area contributed by atoms with Gasteiger partial charge in [-0.15, -0.1) is 0 Å². The summed E-state index contributed by atoms with van der Waals surface area (Å²) in [6, 6.07) is 54.9. The normalized spacial score (nSPS) is 12.9. The molecule has 0 saturated heterocycles. The van der Waals surface area contributed by atoms with Crippen LogP contribution in [0.5, 0.6) is 0 Å². The van der Waals surface area contributed by atoms with Gasteiger partial charge in [0.15, 0.2) is 0 Å². The summed E-state index contributed by atoms with van der Waals surface area (Å²) in [4.78, 5) is 0. The molecule has 0 spiro atoms. The molecule has 0 aliphatic carbocycles. The monoisotopic (exact) mass is 751 g/mol. The van der Waals surface area contributed by atoms with Crippen LogP contribution in [0.25, 0.3) is 0 Å². The zero-order chi connectivity index (χ0) is 32.5. The van der Waals surface area contributed by atoms with Gasteiger partial charge in [0.1, 0.15) is 0 Å². The molecule has 0 fully saturated rings. The molecule has 0 radical (unpaired) electrons. The summed E-state index contributed by atoms with van der Waals surface area (Å²) >= 11 is -2.12. The summed E-state index contributed by atoms with van der Waals surface area (Å²) in [6.07, 6.45) is 0. The third-order valence-electron chi connectivity index (χ3n) is 9.41. The molecular formula is C42H44ClP2Pd. The van der Waals surface area contributed by atoms with Gasteiger partial charge in [0.2, 0.25) is 0 Å². The van der Waals surface area contributed by atoms with Crippen LogP contribution in [0.4, 0.5) is 0 Å². The molecular weight excluding hydrogens is 708 g/mol. The van der Waals surface area contributed by atoms with Gasteiger partial charge in [0.25, 0.3) is 0 Å². The van der Waals surface area contributed by atoms with Crippen LogP contribution in [0.1, 0.15) is 33.4 Å². The number of hydrogen-bond donors (Lipinski definition) is 0. The predicted molar refractivity (Wildman–Crippen MR) is 207 cm³/mol. The first-order valence-corrected chi connectivity index (χ1v) is 26.2. The summed E-state index contributed by atoms with van der Waals surface area (Å²) in [5, 5.41) is 8.68. The predicted octanol–water partition coefficient (Wildman–Crippen LogP) is 8.89. The van der Waals surface area contributed by atoms with Gasteiger partial charge >= 0.3 is 288 Å². The molecule has 6 aromatic carbocycles. The molecule has 0 aromatic heterocycles. The van der Waals surface area contributed by atoms with E-state index in [2.05, 4.69) is 187 Å². The topological polar surface area (TPSA) is 0 Å². The number of hydrogen-bond acceptors (Lipinski definition) is 0. The van der Waals surface area contributed by atoms with Crippen molar-refractivity contribution in [1.82, 2.24) is 0 Å². The van der Waals surface area contributed by atoms with E-state index in [1.165, 1.54) is 65.2 Å². The van der Waals surface area contributed by atoms with Gasteiger partial charge in [-0.2, -0.15) is 0 Å². The molecule has 0 unspecified atom stereocenters. The van der Waals surface area contributed by atoms with Gasteiger partial charge in [-0.05, 0) is 0 Å². The summed E-state index contributed by atoms with van der Waals surface area (Å²) in [5.41, 5.74) is 2.03. The van der Waals surface area contributed by atoms with Gasteiger partial charge in [-0.1, -0.05) is 0 Å². The molecule has 0 aliphatic heterocycles. The van der Waals surface area contributed by atoms with Crippen molar-refractivity contribution in [3.8, 4) is 0 Å². The van der Waals surface area contributed by atoms with E-state index in [1.54, 1.807) is 0 Å². The molecule has 0 amide bonds. The van der Waals surface area contributed by atoms with Gasteiger partial charge in [-0.25, -0.2) is 0 Å². The van der Waals surface area contributed by atoms with Crippen molar-refractivity contribution in [1.29, 1.82) is 0 Å². The summed E-state index contributed by atoms with van der Waals surface area (Å²) in [6.45, 7) is 13.8. The minimum atomic E-state index is -2.97. The quantitative estimate of drug-likeness (QED) is 0.108. The Balaban J connectivity index is 1.94. The van der Waals surface area contributed by atoms with Crippen molar-refractivity contribution in [2.45, 2.75) is 41.5 Å². The van der Waals surface area contributed by atoms with E-state index in [1.807, 2.05) is 0 Å². The van der Waals surface area contributed by atoms with E-state index in [-0.39, 0.29) is 0 Å². The van der Waals surface area contributed by atoms with E-state index in [0.29, 0.717) is 0 Å². The first kappa shape index (κ1) is 33.0. The third kappa shape index (κ3) is 5.36. The molecule has 0 saturated carbocycles. The molecule has 6 aromatic rings. The minimum absolute atomic E-state index is 1.33. The number of benzene rings is 6. The Hall–Kier alpha value is -2.87. The molecule has 46 heavy (non-hydrogen) atoms. The Morgan fingerprint density at radius 2 is 0.457 bits per heavy atom. The van der Waals surface area contributed by atoms with Crippen LogP contribution < -0.4 is 31.8 Å². The van der Waals surface area contributed by atoms with Crippen LogP contribution in [0, 0.1) is 41.5 Å². The number of halogens is 1. The Kier molecular flexibility index (Phi) is 9.84. The maximum atomic E-state index is 9.01. The Morgan fingerprint density at radius 1 is 0.304 bits per heavy atom. The zero-order valence-electron chi connectivity index (χ0n) is 27.6. The van der Waals surface area contributed by atoms with Crippen LogP contribution in [0.3, 0.4) is 0 Å². The van der Waals surface area contributed by atoms with E-state index >= 15 is 0 Å². The van der Waals surface area contributed by atoms with Crippen LogP contribution in [0.15, 0.2) is 146 Å². The second kappa shape index (κ2) is 13.7. The Morgan fingerprint density at radius 3 is 0.609 bits per heavy atom. The number of aryl methyl sites for hydroxylation is 6. The molecule has 6 rings (SSSR count). The van der Waals surface area contributed by atoms with E-state index in [4.69, 9.17) is 9.53 Å². The number of rotatable bonds is 8. The molecule has 0 aliphatic rings. The first-order chi connectivity index (χ1) is 22.2. The van der Waals surface area contributed by atoms with Crippen molar-refractivity contribution in [3.63, 3.8) is 0 Å². The second-order valence-electron chi connectivity index (χ2n) is 12.3. The molecule has 0 N–H and O–H groups in total. The van der Waals surface area contributed by atoms with Gasteiger partial charge < -0.3 is 0 Å². The SMILES string of the molecule is Cc1ccccc1[PH](c1ccccc1C)(c1ccccc1C)[Pd]([Cl])[PH](c1ccccc1C)(c1ccccc1C)c1ccccc1C. The summed E-state index contributed by atoms with van der Waals surface area (Å²) in [5.74, 6) is 0. The summed E-state index contributed by atoms with van der Waals surface area (Å²) in [7, 11) is 9.01. The van der Waals surface area contributed by atoms with E-state index in [0.717, 1.165) is 0 Å². The first-order valence-electron chi connectivity index (χ1n) is 15.9. The average Bonchev–Trinajstić information content (AvgIpc) is 3.06. The second-order valence-corrected chi connectivity index (χ2v) is 35.4. The van der Waals surface area contributed by atoms with Crippen molar-refractivity contribution in [2.75, 3.05) is 0 Å². The van der Waals surface area contributed by atoms with Crippen LogP contribution >= 0.6 is 20.4 Å². The molecule has 4 heteroatoms. The standard InChI is InChI=1S/2C21H21P.ClH.Pd/c2*1-16-10-4-7-13-19(16)22(20-14-8-5-11-17(20)2)21-15-9-6-12-18(21)3;;/h2*4-15H,1-3H3;1H;/q;;;-1/p+1. The fraction of sp³-hybridized carbons (Fsp3) is 0.143. The van der Waals surface area contributed by atoms with Crippen molar-refractivity contribution in [2.24, 2.45) is 0 Å². The van der Waals surface area contributed by atoms with Crippen molar-refractivity contribution in [3.05, 3.63) is 179 Å². The maximum absolute atomic E-state index is 9.01. The summed E-state index contributed by atoms with van der Waals surface area (Å²) < 4.78 is 0. The molecule has 0 bridgehead atoms. The molecule has 239 valence electrons. The van der Waals surface area contributed by atoms with Crippen LogP contribution in [-0.4, -0.2) is 0 Å². The Bertz CT molecular complexity index is 1650. The fourth-order valence-electron chi connectivity index (χ4n) is 7.15. The van der Waals surface area contributed by atoms with Gasteiger partial charge in [-0.3, -0.25) is 0 Å². The van der Waals surface area contributed by atoms with Crippen LogP contribution in [-0.2, 0) is 14.7 Å². The third-order valence-corrected chi connectivity index (χ3v) is 46.3. The zero-order valence-corrected chi connectivity index (χ0v) is 31.9. The van der Waals surface area contributed by atoms with E-state index < -0.39 is 25.6 Å². The van der Waals surface area contributed by atoms with Gasteiger partial charge in [0.05, 0.1) is 0 Å². The van der Waals surface area contributed by atoms with Crippen molar-refractivity contribution >= 4 is 52.3 Å². The fourth-order valence-corrected chi connectivity index (χ4v) is 55.0. The average molecular weight is 753 g/mol. The molecule has 0 atom stereocenters. The van der Waals surface area contributed by atoms with E-state index in [9.17, 15) is 0 Å². The van der Waals surface area contributed by atoms with Crippen molar-refractivity contribution < 1.29 is 14.7 Å². The van der Waals surface area contributed by atoms with Gasteiger partial charge in [0, 0.05) is 0 Å².